The molecule has 0 bridgehead atoms. The quantitative estimate of drug-likeness (QED) is 0.783. The van der Waals surface area contributed by atoms with Gasteiger partial charge in [-0.15, -0.1) is 0 Å². The van der Waals surface area contributed by atoms with Crippen molar-refractivity contribution in [3.05, 3.63) is 0 Å². The summed E-state index contributed by atoms with van der Waals surface area (Å²) >= 11 is 0. The minimum absolute atomic E-state index is 0.00565. The first-order valence-electron chi connectivity index (χ1n) is 9.32. The fourth-order valence-electron chi connectivity index (χ4n) is 7.13. The highest BCUT2D eigenvalue weighted by Gasteiger charge is 2.61. The number of aliphatic hydroxyl groups is 2. The van der Waals surface area contributed by atoms with Crippen LogP contribution >= 0.6 is 0 Å². The third-order valence-corrected chi connectivity index (χ3v) is 8.42. The standard InChI is InChI=1S/C19H30O3/c1-18-8-7-16-14(15(18)4-5-17(18)22)3-2-12-10-13(21)6-9-19(12,16)11-20/h12,14-17,20,22H,2-11H2,1H3. The van der Waals surface area contributed by atoms with Crippen LogP contribution in [-0.4, -0.2) is 28.7 Å². The SMILES string of the molecule is CC12CCC3C(CCC4CC(=O)CCC43CO)C1CCC2O. The molecule has 2 N–H and O–H groups in total. The number of fused-ring (bicyclic) bond motifs is 5. The lowest BCUT2D eigenvalue weighted by atomic mass is 9.45. The average Bonchev–Trinajstić information content (AvgIpc) is 2.82. The van der Waals surface area contributed by atoms with Crippen molar-refractivity contribution in [1.29, 1.82) is 0 Å². The summed E-state index contributed by atoms with van der Waals surface area (Å²) in [6.07, 6.45) is 8.81. The lowest BCUT2D eigenvalue weighted by molar-refractivity contribution is -0.155. The molecule has 0 radical (unpaired) electrons. The largest absolute Gasteiger partial charge is 0.396 e. The zero-order valence-electron chi connectivity index (χ0n) is 13.8. The van der Waals surface area contributed by atoms with E-state index in [0.29, 0.717) is 42.3 Å². The Morgan fingerprint density at radius 3 is 2.68 bits per heavy atom. The van der Waals surface area contributed by atoms with Gasteiger partial charge in [0.25, 0.3) is 0 Å². The molecule has 4 rings (SSSR count). The Morgan fingerprint density at radius 1 is 1.09 bits per heavy atom. The average molecular weight is 306 g/mol. The zero-order valence-corrected chi connectivity index (χ0v) is 13.8. The van der Waals surface area contributed by atoms with Gasteiger partial charge in [-0.1, -0.05) is 6.92 Å². The second kappa shape index (κ2) is 5.04. The molecular weight excluding hydrogens is 276 g/mol. The number of Topliss-reactive ketones (excluding diaryl/α,β-unsaturated/α-hetero) is 1. The second-order valence-electron chi connectivity index (χ2n) is 8.92. The molecule has 0 aliphatic heterocycles. The predicted molar refractivity (Wildman–Crippen MR) is 84.2 cm³/mol. The Bertz CT molecular complexity index is 475. The van der Waals surface area contributed by atoms with Crippen LogP contribution in [0.1, 0.15) is 64.7 Å². The maximum atomic E-state index is 11.9. The summed E-state index contributed by atoms with van der Waals surface area (Å²) in [4.78, 5) is 11.9. The maximum Gasteiger partial charge on any atom is 0.133 e. The minimum Gasteiger partial charge on any atom is -0.396 e. The molecule has 3 heteroatoms. The molecule has 0 spiro atoms. The van der Waals surface area contributed by atoms with Crippen molar-refractivity contribution in [2.45, 2.75) is 70.8 Å². The van der Waals surface area contributed by atoms with E-state index in [1.165, 1.54) is 6.42 Å². The molecule has 3 nitrogen and oxygen atoms in total. The maximum absolute atomic E-state index is 11.9. The molecule has 0 aromatic carbocycles. The number of hydrogen-bond donors (Lipinski definition) is 2. The smallest absolute Gasteiger partial charge is 0.133 e. The van der Waals surface area contributed by atoms with E-state index in [9.17, 15) is 15.0 Å². The number of rotatable bonds is 1. The van der Waals surface area contributed by atoms with Crippen molar-refractivity contribution in [2.24, 2.45) is 34.5 Å². The van der Waals surface area contributed by atoms with Crippen molar-refractivity contribution in [3.63, 3.8) is 0 Å². The van der Waals surface area contributed by atoms with Crippen LogP contribution in [0, 0.1) is 34.5 Å². The number of carbonyl (C=O) groups excluding carboxylic acids is 1. The normalized spacial score (nSPS) is 54.5. The van der Waals surface area contributed by atoms with Gasteiger partial charge in [0.1, 0.15) is 5.78 Å². The van der Waals surface area contributed by atoms with Crippen molar-refractivity contribution >= 4 is 5.78 Å². The van der Waals surface area contributed by atoms with Gasteiger partial charge >= 0.3 is 0 Å². The molecule has 7 unspecified atom stereocenters. The van der Waals surface area contributed by atoms with Crippen LogP contribution in [0.25, 0.3) is 0 Å². The van der Waals surface area contributed by atoms with Crippen LogP contribution in [0.5, 0.6) is 0 Å². The lowest BCUT2D eigenvalue weighted by Gasteiger charge is -2.60. The highest BCUT2D eigenvalue weighted by atomic mass is 16.3. The van der Waals surface area contributed by atoms with Crippen molar-refractivity contribution in [2.75, 3.05) is 6.61 Å². The molecule has 4 saturated carbocycles. The van der Waals surface area contributed by atoms with Crippen molar-refractivity contribution in [3.8, 4) is 0 Å². The fraction of sp³-hybridized carbons (Fsp3) is 0.947. The highest BCUT2D eigenvalue weighted by molar-refractivity contribution is 5.79. The van der Waals surface area contributed by atoms with Crippen molar-refractivity contribution < 1.29 is 15.0 Å². The first-order chi connectivity index (χ1) is 10.5. The van der Waals surface area contributed by atoms with E-state index in [2.05, 4.69) is 6.92 Å². The monoisotopic (exact) mass is 306 g/mol. The fourth-order valence-corrected chi connectivity index (χ4v) is 7.13. The second-order valence-corrected chi connectivity index (χ2v) is 8.92. The van der Waals surface area contributed by atoms with Crippen LogP contribution in [0.2, 0.25) is 0 Å². The summed E-state index contributed by atoms with van der Waals surface area (Å²) in [5.74, 6) is 2.68. The molecule has 22 heavy (non-hydrogen) atoms. The summed E-state index contributed by atoms with van der Waals surface area (Å²) in [5, 5.41) is 20.8. The molecule has 7 atom stereocenters. The molecular formula is C19H30O3. The van der Waals surface area contributed by atoms with Gasteiger partial charge in [0.05, 0.1) is 6.10 Å². The Labute approximate surface area is 133 Å². The van der Waals surface area contributed by atoms with Crippen molar-refractivity contribution in [1.82, 2.24) is 0 Å². The molecule has 0 aromatic rings. The lowest BCUT2D eigenvalue weighted by Crippen LogP contribution is -2.56. The summed E-state index contributed by atoms with van der Waals surface area (Å²) in [6.45, 7) is 2.56. The number of hydrogen-bond acceptors (Lipinski definition) is 3. The molecule has 4 aliphatic carbocycles. The predicted octanol–water partition coefficient (Wildman–Crippen LogP) is 2.93. The van der Waals surface area contributed by atoms with Crippen LogP contribution in [0.3, 0.4) is 0 Å². The summed E-state index contributed by atoms with van der Waals surface area (Å²) in [7, 11) is 0. The number of carbonyl (C=O) groups is 1. The molecule has 0 amide bonds. The molecule has 4 fully saturated rings. The molecule has 0 saturated heterocycles. The minimum atomic E-state index is -0.130. The Kier molecular flexibility index (Phi) is 3.47. The van der Waals surface area contributed by atoms with Crippen LogP contribution in [-0.2, 0) is 4.79 Å². The Balaban J connectivity index is 1.66. The van der Waals surface area contributed by atoms with Gasteiger partial charge in [0, 0.05) is 24.9 Å². The van der Waals surface area contributed by atoms with Crippen LogP contribution < -0.4 is 0 Å². The molecule has 0 aromatic heterocycles. The molecule has 124 valence electrons. The van der Waals surface area contributed by atoms with Crippen LogP contribution in [0.4, 0.5) is 0 Å². The topological polar surface area (TPSA) is 57.5 Å². The zero-order chi connectivity index (χ0) is 15.5. The van der Waals surface area contributed by atoms with Gasteiger partial charge in [0.2, 0.25) is 0 Å². The van der Waals surface area contributed by atoms with Gasteiger partial charge in [0.15, 0.2) is 0 Å². The van der Waals surface area contributed by atoms with E-state index in [1.807, 2.05) is 0 Å². The summed E-state index contributed by atoms with van der Waals surface area (Å²) in [5.41, 5.74) is 0.112. The molecule has 0 heterocycles. The highest BCUT2D eigenvalue weighted by Crippen LogP contribution is 2.65. The van der Waals surface area contributed by atoms with E-state index in [0.717, 1.165) is 38.5 Å². The molecule has 4 aliphatic rings. The third kappa shape index (κ3) is 1.84. The van der Waals surface area contributed by atoms with E-state index in [4.69, 9.17) is 0 Å². The van der Waals surface area contributed by atoms with E-state index >= 15 is 0 Å². The first-order valence-corrected chi connectivity index (χ1v) is 9.32. The summed E-state index contributed by atoms with van der Waals surface area (Å²) in [6, 6.07) is 0. The van der Waals surface area contributed by atoms with Gasteiger partial charge in [-0.25, -0.2) is 0 Å². The van der Waals surface area contributed by atoms with Gasteiger partial charge < -0.3 is 10.2 Å². The van der Waals surface area contributed by atoms with Gasteiger partial charge in [-0.05, 0) is 74.0 Å². The van der Waals surface area contributed by atoms with E-state index < -0.39 is 0 Å². The summed E-state index contributed by atoms with van der Waals surface area (Å²) < 4.78 is 0. The van der Waals surface area contributed by atoms with Crippen LogP contribution in [0.15, 0.2) is 0 Å². The Morgan fingerprint density at radius 2 is 1.91 bits per heavy atom. The van der Waals surface area contributed by atoms with Gasteiger partial charge in [-0.2, -0.15) is 0 Å². The third-order valence-electron chi connectivity index (χ3n) is 8.42. The first kappa shape index (κ1) is 15.1. The van der Waals surface area contributed by atoms with E-state index in [1.54, 1.807) is 0 Å². The Hall–Kier alpha value is -0.410. The number of ketones is 1. The van der Waals surface area contributed by atoms with Gasteiger partial charge in [-0.3, -0.25) is 4.79 Å². The van der Waals surface area contributed by atoms with E-state index in [-0.39, 0.29) is 23.5 Å². The number of aliphatic hydroxyl groups excluding tert-OH is 2.